The van der Waals surface area contributed by atoms with E-state index in [0.717, 1.165) is 24.6 Å². The van der Waals surface area contributed by atoms with Gasteiger partial charge in [-0.25, -0.2) is 9.36 Å². The summed E-state index contributed by atoms with van der Waals surface area (Å²) in [5.74, 6) is -0.466. The third kappa shape index (κ3) is 9.03. The van der Waals surface area contributed by atoms with E-state index in [9.17, 15) is 24.5 Å². The molecular formula is C26H36BrN6O8P. The lowest BCUT2D eigenvalue weighted by Gasteiger charge is -2.24. The number of esters is 1. The van der Waals surface area contributed by atoms with Gasteiger partial charge in [-0.3, -0.25) is 23.2 Å². The number of nitrogens with zero attached hydrogens (tertiary/aromatic N) is 5. The molecule has 5 atom stereocenters. The van der Waals surface area contributed by atoms with Gasteiger partial charge in [-0.05, 0) is 44.4 Å². The predicted octanol–water partition coefficient (Wildman–Crippen LogP) is 4.59. The highest BCUT2D eigenvalue weighted by molar-refractivity contribution is 9.09. The minimum absolute atomic E-state index is 0.108. The van der Waals surface area contributed by atoms with Gasteiger partial charge in [-0.1, -0.05) is 52.1 Å². The highest BCUT2D eigenvalue weighted by Gasteiger charge is 2.40. The van der Waals surface area contributed by atoms with Crippen LogP contribution in [0.4, 0.5) is 0 Å². The number of aromatic nitrogens is 2. The van der Waals surface area contributed by atoms with Crippen molar-refractivity contribution < 1.29 is 27.9 Å². The highest BCUT2D eigenvalue weighted by atomic mass is 79.9. The van der Waals surface area contributed by atoms with Crippen LogP contribution in [0.5, 0.6) is 5.75 Å². The molecular weight excluding hydrogens is 635 g/mol. The molecule has 16 heteroatoms. The molecule has 230 valence electrons. The molecule has 1 N–H and O–H groups in total. The number of carbonyl (C=O) groups excluding carboxylic acids is 1. The maximum Gasteiger partial charge on any atom is 0.459 e. The first kappa shape index (κ1) is 33.6. The van der Waals surface area contributed by atoms with Crippen LogP contribution in [0.25, 0.3) is 10.4 Å². The summed E-state index contributed by atoms with van der Waals surface area (Å²) < 4.78 is 38.3. The molecule has 1 fully saturated rings. The smallest absolute Gasteiger partial charge is 0.459 e. The number of methoxy groups -OCH3 is 1. The van der Waals surface area contributed by atoms with Crippen LogP contribution in [0.3, 0.4) is 0 Å². The standard InChI is InChI=1S/C26H36BrN6O8P/c1-18-16-33(26(36)32(24(18)34)14-10-5-4-9-13-27)23-15-21(29-31-28)22(40-23)17-39-42(37,30-19(2)25(35)38-3)41-20-11-7-6-8-12-20/h6-8,11-12,16,19,21-23H,4-5,9-10,13-15,17H2,1-3H3,(H,30,37). The Balaban J connectivity index is 1.81. The molecule has 0 amide bonds. The number of halogens is 1. The number of carbonyl (C=O) groups is 1. The van der Waals surface area contributed by atoms with Crippen molar-refractivity contribution in [2.75, 3.05) is 19.0 Å². The summed E-state index contributed by atoms with van der Waals surface area (Å²) in [6.07, 6.45) is 3.26. The molecule has 14 nitrogen and oxygen atoms in total. The molecule has 0 bridgehead atoms. The van der Waals surface area contributed by atoms with Crippen molar-refractivity contribution in [3.05, 3.63) is 73.4 Å². The van der Waals surface area contributed by atoms with Crippen molar-refractivity contribution in [2.24, 2.45) is 5.11 Å². The zero-order chi connectivity index (χ0) is 30.7. The number of unbranched alkanes of at least 4 members (excludes halogenated alkanes) is 3. The number of para-hydroxylation sites is 1. The van der Waals surface area contributed by atoms with Crippen LogP contribution in [0.2, 0.25) is 0 Å². The van der Waals surface area contributed by atoms with E-state index in [0.29, 0.717) is 12.0 Å². The summed E-state index contributed by atoms with van der Waals surface area (Å²) in [6.45, 7) is 2.95. The van der Waals surface area contributed by atoms with Crippen molar-refractivity contribution in [3.8, 4) is 5.75 Å². The average molecular weight is 671 g/mol. The Morgan fingerprint density at radius 1 is 1.26 bits per heavy atom. The van der Waals surface area contributed by atoms with Gasteiger partial charge < -0.3 is 14.0 Å². The second-order valence-corrected chi connectivity index (χ2v) is 12.3. The number of benzene rings is 1. The second-order valence-electron chi connectivity index (χ2n) is 9.77. The van der Waals surface area contributed by atoms with Crippen LogP contribution in [-0.4, -0.2) is 52.3 Å². The Hall–Kier alpha value is -2.93. The Labute approximate surface area is 251 Å². The van der Waals surface area contributed by atoms with Crippen LogP contribution < -0.4 is 20.9 Å². The first-order valence-electron chi connectivity index (χ1n) is 13.6. The summed E-state index contributed by atoms with van der Waals surface area (Å²) >= 11 is 3.40. The molecule has 42 heavy (non-hydrogen) atoms. The summed E-state index contributed by atoms with van der Waals surface area (Å²) in [7, 11) is -3.00. The number of hydrogen-bond donors (Lipinski definition) is 1. The largest absolute Gasteiger partial charge is 0.468 e. The third-order valence-corrected chi connectivity index (χ3v) is 8.84. The Bertz CT molecular complexity index is 1410. The number of hydrogen-bond acceptors (Lipinski definition) is 9. The van der Waals surface area contributed by atoms with Gasteiger partial charge in [0, 0.05) is 35.0 Å². The number of ether oxygens (including phenoxy) is 2. The lowest BCUT2D eigenvalue weighted by Crippen LogP contribution is -2.42. The van der Waals surface area contributed by atoms with Gasteiger partial charge in [0.1, 0.15) is 18.0 Å². The van der Waals surface area contributed by atoms with Crippen LogP contribution in [0, 0.1) is 6.92 Å². The maximum absolute atomic E-state index is 13.7. The lowest BCUT2D eigenvalue weighted by atomic mass is 10.1. The van der Waals surface area contributed by atoms with E-state index in [2.05, 4.69) is 31.0 Å². The summed E-state index contributed by atoms with van der Waals surface area (Å²) in [4.78, 5) is 41.0. The molecule has 1 aromatic heterocycles. The van der Waals surface area contributed by atoms with Gasteiger partial charge in [0.15, 0.2) is 0 Å². The third-order valence-electron chi connectivity index (χ3n) is 6.63. The van der Waals surface area contributed by atoms with Gasteiger partial charge in [0.25, 0.3) is 5.56 Å². The average Bonchev–Trinajstić information content (AvgIpc) is 3.38. The van der Waals surface area contributed by atoms with E-state index in [-0.39, 0.29) is 30.9 Å². The van der Waals surface area contributed by atoms with Crippen molar-refractivity contribution in [1.82, 2.24) is 14.2 Å². The van der Waals surface area contributed by atoms with Crippen LogP contribution in [0.1, 0.15) is 50.8 Å². The number of nitrogens with one attached hydrogen (secondary N) is 1. The normalized spacial score (nSPS) is 20.3. The van der Waals surface area contributed by atoms with Gasteiger partial charge in [-0.2, -0.15) is 5.09 Å². The van der Waals surface area contributed by atoms with Crippen molar-refractivity contribution in [3.63, 3.8) is 0 Å². The van der Waals surface area contributed by atoms with Crippen molar-refractivity contribution in [2.45, 2.75) is 76.9 Å². The lowest BCUT2D eigenvalue weighted by molar-refractivity contribution is -0.142. The molecule has 2 aromatic rings. The zero-order valence-corrected chi connectivity index (χ0v) is 26.2. The molecule has 2 heterocycles. The van der Waals surface area contributed by atoms with E-state index in [1.807, 2.05) is 0 Å². The van der Waals surface area contributed by atoms with Crippen LogP contribution in [-0.2, 0) is 29.9 Å². The van der Waals surface area contributed by atoms with E-state index in [1.54, 1.807) is 37.3 Å². The molecule has 5 unspecified atom stereocenters. The maximum atomic E-state index is 13.7. The molecule has 0 radical (unpaired) electrons. The SMILES string of the molecule is COC(=O)C(C)NP(=O)(OCC1OC(n2cc(C)c(=O)n(CCCCCCBr)c2=O)CC1N=[N+]=[N-])Oc1ccccc1. The van der Waals surface area contributed by atoms with Gasteiger partial charge in [0.05, 0.1) is 25.9 Å². The Morgan fingerprint density at radius 2 is 1.98 bits per heavy atom. The topological polar surface area (TPSA) is 176 Å². The van der Waals surface area contributed by atoms with Gasteiger partial charge in [0.2, 0.25) is 0 Å². The number of rotatable bonds is 16. The van der Waals surface area contributed by atoms with Gasteiger partial charge >= 0.3 is 19.4 Å². The minimum atomic E-state index is -4.19. The zero-order valence-electron chi connectivity index (χ0n) is 23.8. The predicted molar refractivity (Wildman–Crippen MR) is 159 cm³/mol. The first-order chi connectivity index (χ1) is 20.1. The first-order valence-corrected chi connectivity index (χ1v) is 16.2. The number of alkyl halides is 1. The molecule has 0 saturated carbocycles. The summed E-state index contributed by atoms with van der Waals surface area (Å²) in [6, 6.07) is 6.39. The highest BCUT2D eigenvalue weighted by Crippen LogP contribution is 2.46. The molecule has 0 aliphatic carbocycles. The molecule has 1 aliphatic rings. The van der Waals surface area contributed by atoms with Crippen LogP contribution >= 0.6 is 23.7 Å². The Morgan fingerprint density at radius 3 is 2.64 bits per heavy atom. The van der Waals surface area contributed by atoms with Crippen molar-refractivity contribution in [1.29, 1.82) is 0 Å². The summed E-state index contributed by atoms with van der Waals surface area (Å²) in [5, 5.41) is 7.25. The number of azide groups is 1. The van der Waals surface area contributed by atoms with Gasteiger partial charge in [-0.15, -0.1) is 0 Å². The van der Waals surface area contributed by atoms with Crippen molar-refractivity contribution >= 4 is 29.6 Å². The fourth-order valence-corrected chi connectivity index (χ4v) is 6.35. The van der Waals surface area contributed by atoms with E-state index in [1.165, 1.54) is 29.4 Å². The van der Waals surface area contributed by atoms with Crippen LogP contribution in [0.15, 0.2) is 51.2 Å². The number of aryl methyl sites for hydroxylation is 1. The summed E-state index contributed by atoms with van der Waals surface area (Å²) in [5.41, 5.74) is 8.63. The molecule has 1 saturated heterocycles. The molecule has 1 aromatic carbocycles. The molecule has 1 aliphatic heterocycles. The van der Waals surface area contributed by atoms with E-state index < -0.39 is 43.8 Å². The van der Waals surface area contributed by atoms with E-state index in [4.69, 9.17) is 18.5 Å². The fourth-order valence-electron chi connectivity index (χ4n) is 4.45. The monoisotopic (exact) mass is 670 g/mol. The molecule has 0 spiro atoms. The fraction of sp³-hybridized carbons (Fsp3) is 0.577. The Kier molecular flexibility index (Phi) is 12.8. The van der Waals surface area contributed by atoms with E-state index >= 15 is 0 Å². The second kappa shape index (κ2) is 16.1. The molecule has 3 rings (SSSR count). The minimum Gasteiger partial charge on any atom is -0.468 e. The quantitative estimate of drug-likeness (QED) is 0.0509.